The molecule has 3 heteroatoms. The first-order chi connectivity index (χ1) is 6.67. The molecule has 3 rings (SSSR count). The monoisotopic (exact) mass is 191 g/mol. The van der Waals surface area contributed by atoms with Crippen LogP contribution in [0.5, 0.6) is 11.5 Å². The molecule has 2 heterocycles. The molecule has 0 bridgehead atoms. The summed E-state index contributed by atoms with van der Waals surface area (Å²) in [5.41, 5.74) is 2.69. The van der Waals surface area contributed by atoms with Crippen LogP contribution in [0, 0.1) is 0 Å². The highest BCUT2D eigenvalue weighted by atomic mass is 16.7. The van der Waals surface area contributed by atoms with E-state index in [-0.39, 0.29) is 5.41 Å². The van der Waals surface area contributed by atoms with E-state index in [4.69, 9.17) is 9.47 Å². The minimum atomic E-state index is 0.191. The van der Waals surface area contributed by atoms with Crippen LogP contribution in [0.15, 0.2) is 12.1 Å². The van der Waals surface area contributed by atoms with Crippen molar-refractivity contribution in [3.63, 3.8) is 0 Å². The minimum absolute atomic E-state index is 0.191. The molecule has 0 unspecified atom stereocenters. The van der Waals surface area contributed by atoms with E-state index < -0.39 is 0 Å². The molecule has 0 fully saturated rings. The standard InChI is InChI=1S/C11H13NO2/c1-11(2)5-12-8-4-10-9(3-7(8)11)13-6-14-10/h3-4,12H,5-6H2,1-2H3. The highest BCUT2D eigenvalue weighted by molar-refractivity contribution is 5.66. The van der Waals surface area contributed by atoms with Crippen LogP contribution in [-0.4, -0.2) is 13.3 Å². The van der Waals surface area contributed by atoms with Gasteiger partial charge in [-0.1, -0.05) is 13.8 Å². The minimum Gasteiger partial charge on any atom is -0.454 e. The SMILES string of the molecule is CC1(C)CNc2cc3c(cc21)OCO3. The first-order valence-corrected chi connectivity index (χ1v) is 4.85. The van der Waals surface area contributed by atoms with Gasteiger partial charge in [-0.15, -0.1) is 0 Å². The second kappa shape index (κ2) is 2.35. The van der Waals surface area contributed by atoms with Crippen LogP contribution >= 0.6 is 0 Å². The lowest BCUT2D eigenvalue weighted by Crippen LogP contribution is -2.18. The fraction of sp³-hybridized carbons (Fsp3) is 0.455. The molecule has 1 aromatic rings. The lowest BCUT2D eigenvalue weighted by atomic mass is 9.87. The predicted octanol–water partition coefficient (Wildman–Crippen LogP) is 2.12. The van der Waals surface area contributed by atoms with Gasteiger partial charge in [0.2, 0.25) is 6.79 Å². The molecule has 74 valence electrons. The Bertz CT molecular complexity index is 399. The fourth-order valence-corrected chi connectivity index (χ4v) is 2.06. The van der Waals surface area contributed by atoms with Gasteiger partial charge in [0.05, 0.1) is 0 Å². The average molecular weight is 191 g/mol. The van der Waals surface area contributed by atoms with Crippen LogP contribution in [0.4, 0.5) is 5.69 Å². The Morgan fingerprint density at radius 1 is 1.21 bits per heavy atom. The molecule has 2 aliphatic heterocycles. The molecular weight excluding hydrogens is 178 g/mol. The van der Waals surface area contributed by atoms with Gasteiger partial charge in [-0.05, 0) is 11.6 Å². The highest BCUT2D eigenvalue weighted by Gasteiger charge is 2.32. The maximum Gasteiger partial charge on any atom is 0.231 e. The molecule has 2 aliphatic rings. The van der Waals surface area contributed by atoms with Crippen molar-refractivity contribution in [2.75, 3.05) is 18.7 Å². The van der Waals surface area contributed by atoms with Crippen molar-refractivity contribution in [1.29, 1.82) is 0 Å². The zero-order valence-electron chi connectivity index (χ0n) is 8.39. The molecule has 0 amide bonds. The molecule has 0 atom stereocenters. The van der Waals surface area contributed by atoms with Gasteiger partial charge in [-0.2, -0.15) is 0 Å². The molecule has 0 spiro atoms. The third kappa shape index (κ3) is 0.924. The summed E-state index contributed by atoms with van der Waals surface area (Å²) in [4.78, 5) is 0. The van der Waals surface area contributed by atoms with E-state index in [1.807, 2.05) is 6.07 Å². The smallest absolute Gasteiger partial charge is 0.231 e. The maximum absolute atomic E-state index is 5.37. The molecule has 0 saturated heterocycles. The molecule has 0 aromatic heterocycles. The summed E-state index contributed by atoms with van der Waals surface area (Å²) < 4.78 is 10.7. The van der Waals surface area contributed by atoms with Crippen molar-refractivity contribution in [3.8, 4) is 11.5 Å². The normalized spacial score (nSPS) is 20.4. The van der Waals surface area contributed by atoms with Gasteiger partial charge >= 0.3 is 0 Å². The van der Waals surface area contributed by atoms with Gasteiger partial charge in [0.25, 0.3) is 0 Å². The Kier molecular flexibility index (Phi) is 1.34. The van der Waals surface area contributed by atoms with Gasteiger partial charge < -0.3 is 14.8 Å². The lowest BCUT2D eigenvalue weighted by Gasteiger charge is -2.16. The Labute approximate surface area is 83.0 Å². The summed E-state index contributed by atoms with van der Waals surface area (Å²) in [6.07, 6.45) is 0. The molecule has 0 saturated carbocycles. The number of rotatable bonds is 0. The van der Waals surface area contributed by atoms with E-state index in [0.717, 1.165) is 18.0 Å². The number of hydrogen-bond acceptors (Lipinski definition) is 3. The van der Waals surface area contributed by atoms with Gasteiger partial charge in [0.1, 0.15) is 0 Å². The van der Waals surface area contributed by atoms with Crippen molar-refractivity contribution in [3.05, 3.63) is 17.7 Å². The number of hydrogen-bond donors (Lipinski definition) is 1. The number of benzene rings is 1. The topological polar surface area (TPSA) is 30.5 Å². The predicted molar refractivity (Wildman–Crippen MR) is 54.1 cm³/mol. The number of fused-ring (bicyclic) bond motifs is 2. The number of nitrogens with one attached hydrogen (secondary N) is 1. The van der Waals surface area contributed by atoms with Crippen LogP contribution in [0.2, 0.25) is 0 Å². The zero-order valence-corrected chi connectivity index (χ0v) is 8.39. The summed E-state index contributed by atoms with van der Waals surface area (Å²) >= 11 is 0. The van der Waals surface area contributed by atoms with E-state index >= 15 is 0 Å². The van der Waals surface area contributed by atoms with Crippen LogP contribution in [0.3, 0.4) is 0 Å². The van der Waals surface area contributed by atoms with Gasteiger partial charge in [0.15, 0.2) is 11.5 Å². The van der Waals surface area contributed by atoms with E-state index in [9.17, 15) is 0 Å². The first-order valence-electron chi connectivity index (χ1n) is 4.85. The van der Waals surface area contributed by atoms with E-state index in [0.29, 0.717) is 6.79 Å². The molecule has 3 nitrogen and oxygen atoms in total. The van der Waals surface area contributed by atoms with Crippen molar-refractivity contribution in [2.45, 2.75) is 19.3 Å². The molecule has 0 aliphatic carbocycles. The molecule has 0 radical (unpaired) electrons. The van der Waals surface area contributed by atoms with E-state index in [1.54, 1.807) is 0 Å². The highest BCUT2D eigenvalue weighted by Crippen LogP contribution is 2.44. The molecule has 14 heavy (non-hydrogen) atoms. The average Bonchev–Trinajstić information content (AvgIpc) is 2.69. The molecule has 1 aromatic carbocycles. The number of ether oxygens (including phenoxy) is 2. The van der Waals surface area contributed by atoms with Crippen LogP contribution in [0.25, 0.3) is 0 Å². The third-order valence-electron chi connectivity index (χ3n) is 2.96. The van der Waals surface area contributed by atoms with Crippen molar-refractivity contribution in [1.82, 2.24) is 0 Å². The Morgan fingerprint density at radius 2 is 1.93 bits per heavy atom. The molecule has 1 N–H and O–H groups in total. The summed E-state index contributed by atoms with van der Waals surface area (Å²) in [5.74, 6) is 1.73. The maximum atomic E-state index is 5.37. The summed E-state index contributed by atoms with van der Waals surface area (Å²) in [7, 11) is 0. The fourth-order valence-electron chi connectivity index (χ4n) is 2.06. The van der Waals surface area contributed by atoms with Crippen molar-refractivity contribution in [2.24, 2.45) is 0 Å². The Balaban J connectivity index is 2.18. The number of anilines is 1. The van der Waals surface area contributed by atoms with Gasteiger partial charge in [-0.3, -0.25) is 0 Å². The third-order valence-corrected chi connectivity index (χ3v) is 2.96. The van der Waals surface area contributed by atoms with Crippen LogP contribution < -0.4 is 14.8 Å². The van der Waals surface area contributed by atoms with Crippen molar-refractivity contribution < 1.29 is 9.47 Å². The summed E-state index contributed by atoms with van der Waals surface area (Å²) in [6.45, 7) is 5.78. The van der Waals surface area contributed by atoms with Crippen molar-refractivity contribution >= 4 is 5.69 Å². The second-order valence-electron chi connectivity index (χ2n) is 4.49. The summed E-state index contributed by atoms with van der Waals surface area (Å²) in [6, 6.07) is 4.13. The van der Waals surface area contributed by atoms with Crippen LogP contribution in [-0.2, 0) is 5.41 Å². The first kappa shape index (κ1) is 7.97. The van der Waals surface area contributed by atoms with E-state index in [2.05, 4.69) is 25.2 Å². The van der Waals surface area contributed by atoms with Gasteiger partial charge in [0, 0.05) is 23.7 Å². The van der Waals surface area contributed by atoms with Crippen LogP contribution in [0.1, 0.15) is 19.4 Å². The second-order valence-corrected chi connectivity index (χ2v) is 4.49. The Morgan fingerprint density at radius 3 is 2.71 bits per heavy atom. The molecular formula is C11H13NO2. The zero-order chi connectivity index (χ0) is 9.76. The summed E-state index contributed by atoms with van der Waals surface area (Å²) in [5, 5.41) is 3.38. The van der Waals surface area contributed by atoms with Gasteiger partial charge in [-0.25, -0.2) is 0 Å². The Hall–Kier alpha value is -1.38. The largest absolute Gasteiger partial charge is 0.454 e. The van der Waals surface area contributed by atoms with E-state index in [1.165, 1.54) is 11.3 Å². The lowest BCUT2D eigenvalue weighted by molar-refractivity contribution is 0.174. The quantitative estimate of drug-likeness (QED) is 0.681.